The van der Waals surface area contributed by atoms with Crippen LogP contribution in [0.4, 0.5) is 8.78 Å². The van der Waals surface area contributed by atoms with Crippen molar-refractivity contribution in [3.05, 3.63) is 35.4 Å². The molecule has 0 radical (unpaired) electrons. The molecule has 1 saturated heterocycles. The highest BCUT2D eigenvalue weighted by molar-refractivity contribution is 5.23. The first-order valence-electron chi connectivity index (χ1n) is 6.01. The summed E-state index contributed by atoms with van der Waals surface area (Å²) in [6.45, 7) is 2.25. The Hall–Kier alpha value is -1.04. The number of benzene rings is 1. The summed E-state index contributed by atoms with van der Waals surface area (Å²) in [5.74, 6) is -1.38. The SMILES string of the molecule is CN1CCN(C)C(C(O)c2c(F)cccc2F)C1. The Morgan fingerprint density at radius 2 is 1.83 bits per heavy atom. The van der Waals surface area contributed by atoms with Gasteiger partial charge in [0.25, 0.3) is 0 Å². The lowest BCUT2D eigenvalue weighted by Crippen LogP contribution is -2.52. The largest absolute Gasteiger partial charge is 0.386 e. The molecule has 100 valence electrons. The molecule has 1 heterocycles. The van der Waals surface area contributed by atoms with Gasteiger partial charge in [0, 0.05) is 19.6 Å². The van der Waals surface area contributed by atoms with Crippen LogP contribution in [-0.2, 0) is 0 Å². The highest BCUT2D eigenvalue weighted by Gasteiger charge is 2.32. The molecule has 2 unspecified atom stereocenters. The van der Waals surface area contributed by atoms with Crippen molar-refractivity contribution in [1.82, 2.24) is 9.80 Å². The molecule has 0 aromatic heterocycles. The van der Waals surface area contributed by atoms with Gasteiger partial charge in [-0.25, -0.2) is 8.78 Å². The zero-order valence-electron chi connectivity index (χ0n) is 10.6. The number of piperazine rings is 1. The summed E-state index contributed by atoms with van der Waals surface area (Å²) >= 11 is 0. The Bertz CT molecular complexity index is 407. The van der Waals surface area contributed by atoms with Crippen LogP contribution in [-0.4, -0.2) is 54.7 Å². The normalized spacial score (nSPS) is 24.2. The van der Waals surface area contributed by atoms with Crippen LogP contribution < -0.4 is 0 Å². The molecule has 1 aliphatic rings. The van der Waals surface area contributed by atoms with E-state index in [-0.39, 0.29) is 11.6 Å². The average molecular weight is 256 g/mol. The third-order valence-corrected chi connectivity index (χ3v) is 3.56. The van der Waals surface area contributed by atoms with Crippen molar-refractivity contribution in [1.29, 1.82) is 0 Å². The van der Waals surface area contributed by atoms with Gasteiger partial charge in [-0.15, -0.1) is 0 Å². The molecule has 0 aliphatic carbocycles. The maximum atomic E-state index is 13.6. The number of hydrogen-bond donors (Lipinski definition) is 1. The van der Waals surface area contributed by atoms with Crippen LogP contribution in [0.2, 0.25) is 0 Å². The van der Waals surface area contributed by atoms with Crippen LogP contribution >= 0.6 is 0 Å². The number of rotatable bonds is 2. The molecule has 2 atom stereocenters. The highest BCUT2D eigenvalue weighted by Crippen LogP contribution is 2.27. The molecule has 1 aromatic carbocycles. The first-order valence-corrected chi connectivity index (χ1v) is 6.01. The van der Waals surface area contributed by atoms with Crippen LogP contribution in [0.15, 0.2) is 18.2 Å². The summed E-state index contributed by atoms with van der Waals surface area (Å²) in [5.41, 5.74) is -0.232. The zero-order chi connectivity index (χ0) is 13.3. The molecule has 0 amide bonds. The van der Waals surface area contributed by atoms with Gasteiger partial charge in [-0.3, -0.25) is 4.90 Å². The van der Waals surface area contributed by atoms with Gasteiger partial charge in [-0.05, 0) is 26.2 Å². The van der Waals surface area contributed by atoms with Crippen LogP contribution in [0, 0.1) is 11.6 Å². The Labute approximate surface area is 106 Å². The molecule has 0 spiro atoms. The van der Waals surface area contributed by atoms with Gasteiger partial charge in [0.05, 0.1) is 11.6 Å². The molecular formula is C13H18F2N2O. The molecular weight excluding hydrogens is 238 g/mol. The van der Waals surface area contributed by atoms with Gasteiger partial charge >= 0.3 is 0 Å². The Kier molecular flexibility index (Phi) is 3.94. The maximum Gasteiger partial charge on any atom is 0.132 e. The number of nitrogens with zero attached hydrogens (tertiary/aromatic N) is 2. The van der Waals surface area contributed by atoms with Gasteiger partial charge in [0.1, 0.15) is 17.7 Å². The second-order valence-electron chi connectivity index (χ2n) is 4.89. The molecule has 1 aromatic rings. The summed E-state index contributed by atoms with van der Waals surface area (Å²) in [5, 5.41) is 10.2. The minimum Gasteiger partial charge on any atom is -0.386 e. The molecule has 3 nitrogen and oxygen atoms in total. The van der Waals surface area contributed by atoms with E-state index in [4.69, 9.17) is 0 Å². The van der Waals surface area contributed by atoms with Crippen molar-refractivity contribution >= 4 is 0 Å². The summed E-state index contributed by atoms with van der Waals surface area (Å²) in [6, 6.07) is 3.36. The second-order valence-corrected chi connectivity index (χ2v) is 4.89. The van der Waals surface area contributed by atoms with E-state index >= 15 is 0 Å². The van der Waals surface area contributed by atoms with Crippen molar-refractivity contribution in [2.75, 3.05) is 33.7 Å². The van der Waals surface area contributed by atoms with E-state index in [2.05, 4.69) is 0 Å². The summed E-state index contributed by atoms with van der Waals surface area (Å²) in [6.07, 6.45) is -1.15. The Morgan fingerprint density at radius 1 is 1.22 bits per heavy atom. The van der Waals surface area contributed by atoms with Crippen molar-refractivity contribution in [2.24, 2.45) is 0 Å². The van der Waals surface area contributed by atoms with E-state index in [1.54, 1.807) is 0 Å². The van der Waals surface area contributed by atoms with E-state index < -0.39 is 17.7 Å². The summed E-state index contributed by atoms with van der Waals surface area (Å²) in [7, 11) is 3.80. The van der Waals surface area contributed by atoms with Crippen molar-refractivity contribution in [3.63, 3.8) is 0 Å². The van der Waals surface area contributed by atoms with Gasteiger partial charge in [0.15, 0.2) is 0 Å². The van der Waals surface area contributed by atoms with Gasteiger partial charge in [-0.2, -0.15) is 0 Å². The van der Waals surface area contributed by atoms with Crippen LogP contribution in [0.5, 0.6) is 0 Å². The molecule has 2 rings (SSSR count). The fourth-order valence-corrected chi connectivity index (χ4v) is 2.37. The van der Waals surface area contributed by atoms with E-state index in [0.717, 1.165) is 13.1 Å². The third kappa shape index (κ3) is 2.53. The lowest BCUT2D eigenvalue weighted by molar-refractivity contribution is 0.0104. The van der Waals surface area contributed by atoms with Crippen molar-refractivity contribution < 1.29 is 13.9 Å². The third-order valence-electron chi connectivity index (χ3n) is 3.56. The van der Waals surface area contributed by atoms with Gasteiger partial charge < -0.3 is 10.0 Å². The van der Waals surface area contributed by atoms with Crippen molar-refractivity contribution in [3.8, 4) is 0 Å². The van der Waals surface area contributed by atoms with E-state index in [1.165, 1.54) is 18.2 Å². The summed E-state index contributed by atoms with van der Waals surface area (Å²) < 4.78 is 27.3. The molecule has 0 saturated carbocycles. The maximum absolute atomic E-state index is 13.6. The standard InChI is InChI=1S/C13H18F2N2O/c1-16-6-7-17(2)11(8-16)13(18)12-9(14)4-3-5-10(12)15/h3-5,11,13,18H,6-8H2,1-2H3. The minimum absolute atomic E-state index is 0.232. The van der Waals surface area contributed by atoms with E-state index in [0.29, 0.717) is 6.54 Å². The van der Waals surface area contributed by atoms with Crippen LogP contribution in [0.1, 0.15) is 11.7 Å². The molecule has 1 fully saturated rings. The number of aliphatic hydroxyl groups excluding tert-OH is 1. The van der Waals surface area contributed by atoms with E-state index in [9.17, 15) is 13.9 Å². The lowest BCUT2D eigenvalue weighted by atomic mass is 9.98. The topological polar surface area (TPSA) is 26.7 Å². The fourth-order valence-electron chi connectivity index (χ4n) is 2.37. The zero-order valence-corrected chi connectivity index (χ0v) is 10.6. The summed E-state index contributed by atoms with van der Waals surface area (Å²) in [4.78, 5) is 3.99. The predicted molar refractivity (Wildman–Crippen MR) is 65.2 cm³/mol. The Balaban J connectivity index is 2.27. The first-order chi connectivity index (χ1) is 8.50. The van der Waals surface area contributed by atoms with Gasteiger partial charge in [-0.1, -0.05) is 6.07 Å². The molecule has 1 aliphatic heterocycles. The number of hydrogen-bond acceptors (Lipinski definition) is 3. The first kappa shape index (κ1) is 13.4. The second kappa shape index (κ2) is 5.30. The van der Waals surface area contributed by atoms with Crippen molar-refractivity contribution in [2.45, 2.75) is 12.1 Å². The molecule has 5 heteroatoms. The smallest absolute Gasteiger partial charge is 0.132 e. The van der Waals surface area contributed by atoms with Crippen LogP contribution in [0.25, 0.3) is 0 Å². The quantitative estimate of drug-likeness (QED) is 0.862. The average Bonchev–Trinajstić information content (AvgIpc) is 2.32. The van der Waals surface area contributed by atoms with Crippen LogP contribution in [0.3, 0.4) is 0 Å². The number of halogens is 2. The molecule has 18 heavy (non-hydrogen) atoms. The Morgan fingerprint density at radius 3 is 2.44 bits per heavy atom. The molecule has 1 N–H and O–H groups in total. The van der Waals surface area contributed by atoms with Gasteiger partial charge in [0.2, 0.25) is 0 Å². The monoisotopic (exact) mass is 256 g/mol. The fraction of sp³-hybridized carbons (Fsp3) is 0.538. The number of aliphatic hydroxyl groups is 1. The molecule has 0 bridgehead atoms. The minimum atomic E-state index is -1.15. The van der Waals surface area contributed by atoms with E-state index in [1.807, 2.05) is 23.9 Å². The highest BCUT2D eigenvalue weighted by atomic mass is 19.1. The number of likely N-dealkylation sites (N-methyl/N-ethyl adjacent to an activating group) is 2. The predicted octanol–water partition coefficient (Wildman–Crippen LogP) is 1.24. The lowest BCUT2D eigenvalue weighted by Gasteiger charge is -2.40.